The van der Waals surface area contributed by atoms with Crippen LogP contribution in [0.1, 0.15) is 119 Å². The van der Waals surface area contributed by atoms with Gasteiger partial charge in [-0.2, -0.15) is 14.8 Å². The number of nitrogens with zero attached hydrogens (tertiary/aromatic N) is 4. The number of anilines is 1. The molecule has 2 heterocycles. The minimum absolute atomic E-state index is 0.0300. The molecule has 2 N–H and O–H groups in total. The van der Waals surface area contributed by atoms with Gasteiger partial charge in [-0.3, -0.25) is 9.36 Å². The zero-order chi connectivity index (χ0) is 50.1. The molecule has 0 saturated carbocycles. The summed E-state index contributed by atoms with van der Waals surface area (Å²) in [4.78, 5) is 44.8. The predicted octanol–water partition coefficient (Wildman–Crippen LogP) is 10.7. The molecule has 4 aromatic carbocycles. The van der Waals surface area contributed by atoms with Crippen LogP contribution in [-0.4, -0.2) is 89.0 Å². The first-order chi connectivity index (χ1) is 33.9. The lowest BCUT2D eigenvalue weighted by Gasteiger charge is -2.39. The highest BCUT2D eigenvalue weighted by molar-refractivity contribution is 7.63. The molecule has 1 aliphatic heterocycles. The Morgan fingerprint density at radius 1 is 0.843 bits per heavy atom. The van der Waals surface area contributed by atoms with Gasteiger partial charge in [0.2, 0.25) is 0 Å². The third-order valence-electron chi connectivity index (χ3n) is 12.6. The van der Waals surface area contributed by atoms with Crippen LogP contribution in [0.2, 0.25) is 0 Å². The number of nitriles is 1. The fraction of sp³-hybridized carbons (Fsp3) is 0.455. The van der Waals surface area contributed by atoms with Crippen LogP contribution in [0.3, 0.4) is 0 Å². The standard InChI is InChI=1S/C55H70N5O9P/c1-8-9-10-11-12-13-23-37-66-51-50(69-70(63,38-25-35-56)60(40(2)3)41(4)5)47(68-53(51)59-36-34-48(58-54(59)62)57-52(61)42-26-17-14-18-27-42)39-67-55(43-28-19-15-20-29-43,44-30-21-16-22-31-44)45-32-24-33-46(64-6)49(45)65-7/h14-22,24,26-34,36,40-41,47,50-51,53,63H,8-13,23,25,37-39H2,1-7H3/p+1/t47-,50-,51-,53-,70?/m1/s1. The lowest BCUT2D eigenvalue weighted by Crippen LogP contribution is -2.46. The topological polar surface area (TPSA) is 167 Å². The minimum Gasteiger partial charge on any atom is -0.493 e. The first-order valence-corrected chi connectivity index (χ1v) is 26.4. The Labute approximate surface area is 414 Å². The Bertz CT molecular complexity index is 2440. The van der Waals surface area contributed by atoms with Crippen molar-refractivity contribution in [2.45, 2.75) is 128 Å². The number of methoxy groups -OCH3 is 2. The summed E-state index contributed by atoms with van der Waals surface area (Å²) in [6.45, 7) is 10.3. The SMILES string of the molecule is CCCCCCCCCO[C@@H]1[C@H](O[P+](O)(CCC#N)N(C(C)C)C(C)C)[C@@H](COC(c2ccccc2)(c2ccccc2)c2cccc(OC)c2OC)O[C@H]1n1ccc(NC(=O)c2ccccc2)nc1=O. The molecule has 1 saturated heterocycles. The molecule has 5 aromatic rings. The Morgan fingerprint density at radius 2 is 1.46 bits per heavy atom. The van der Waals surface area contributed by atoms with E-state index in [0.29, 0.717) is 29.2 Å². The summed E-state index contributed by atoms with van der Waals surface area (Å²) >= 11 is 0. The molecule has 0 spiro atoms. The van der Waals surface area contributed by atoms with Gasteiger partial charge in [-0.25, -0.2) is 9.69 Å². The van der Waals surface area contributed by atoms with Gasteiger partial charge in [0.1, 0.15) is 29.8 Å². The summed E-state index contributed by atoms with van der Waals surface area (Å²) in [6, 6.07) is 37.4. The van der Waals surface area contributed by atoms with E-state index in [0.717, 1.165) is 43.2 Å². The lowest BCUT2D eigenvalue weighted by atomic mass is 9.79. The van der Waals surface area contributed by atoms with E-state index >= 15 is 0 Å². The Balaban J connectivity index is 1.49. The number of carbonyl (C=O) groups is 1. The van der Waals surface area contributed by atoms with Crippen LogP contribution < -0.4 is 20.5 Å². The van der Waals surface area contributed by atoms with Crippen molar-refractivity contribution in [1.29, 1.82) is 5.26 Å². The van der Waals surface area contributed by atoms with E-state index in [2.05, 4.69) is 23.3 Å². The van der Waals surface area contributed by atoms with Crippen LogP contribution in [-0.2, 0) is 24.3 Å². The number of aromatic nitrogens is 2. The van der Waals surface area contributed by atoms with Gasteiger partial charge in [0, 0.05) is 36.0 Å². The van der Waals surface area contributed by atoms with E-state index in [1.54, 1.807) is 44.6 Å². The zero-order valence-electron chi connectivity index (χ0n) is 41.7. The largest absolute Gasteiger partial charge is 0.493 e. The predicted molar refractivity (Wildman–Crippen MR) is 274 cm³/mol. The van der Waals surface area contributed by atoms with Crippen molar-refractivity contribution in [1.82, 2.24) is 14.2 Å². The van der Waals surface area contributed by atoms with E-state index in [1.807, 2.05) is 117 Å². The second kappa shape index (κ2) is 26.1. The van der Waals surface area contributed by atoms with Crippen molar-refractivity contribution in [2.24, 2.45) is 0 Å². The second-order valence-electron chi connectivity index (χ2n) is 18.0. The molecule has 1 unspecified atom stereocenters. The number of hydrogen-bond donors (Lipinski definition) is 2. The molecule has 0 radical (unpaired) electrons. The highest BCUT2D eigenvalue weighted by Crippen LogP contribution is 2.64. The van der Waals surface area contributed by atoms with E-state index in [1.165, 1.54) is 23.6 Å². The molecule has 6 rings (SSSR count). The molecule has 1 aromatic heterocycles. The molecular weight excluding hydrogens is 906 g/mol. The van der Waals surface area contributed by atoms with Gasteiger partial charge in [0.25, 0.3) is 5.91 Å². The minimum atomic E-state index is -3.63. The number of benzene rings is 4. The summed E-state index contributed by atoms with van der Waals surface area (Å²) in [5.74, 6) is 0.606. The molecule has 5 atom stereocenters. The average Bonchev–Trinajstić information content (AvgIpc) is 3.69. The monoisotopic (exact) mass is 976 g/mol. The number of hydrogen-bond acceptors (Lipinski definition) is 12. The summed E-state index contributed by atoms with van der Waals surface area (Å²) in [5, 5.41) is 12.7. The van der Waals surface area contributed by atoms with Crippen LogP contribution in [0.4, 0.5) is 5.82 Å². The van der Waals surface area contributed by atoms with Crippen LogP contribution in [0, 0.1) is 11.3 Å². The van der Waals surface area contributed by atoms with Crippen LogP contribution >= 0.6 is 7.87 Å². The fourth-order valence-corrected chi connectivity index (χ4v) is 12.4. The maximum absolute atomic E-state index is 14.3. The van der Waals surface area contributed by atoms with Gasteiger partial charge < -0.3 is 29.0 Å². The van der Waals surface area contributed by atoms with Crippen molar-refractivity contribution in [3.63, 3.8) is 0 Å². The van der Waals surface area contributed by atoms with Gasteiger partial charge in [-0.05, 0) is 69.5 Å². The first kappa shape index (κ1) is 53.9. The maximum Gasteiger partial charge on any atom is 0.351 e. The van der Waals surface area contributed by atoms with Gasteiger partial charge in [-0.15, -0.1) is 4.67 Å². The molecule has 0 bridgehead atoms. The molecule has 0 aliphatic carbocycles. The molecule has 1 amide bonds. The number of amides is 1. The molecule has 1 fully saturated rings. The van der Waals surface area contributed by atoms with Gasteiger partial charge in [0.05, 0.1) is 33.3 Å². The van der Waals surface area contributed by atoms with Gasteiger partial charge in [-0.1, -0.05) is 136 Å². The first-order valence-electron chi connectivity index (χ1n) is 24.6. The van der Waals surface area contributed by atoms with E-state index < -0.39 is 49.6 Å². The molecule has 374 valence electrons. The van der Waals surface area contributed by atoms with Crippen LogP contribution in [0.25, 0.3) is 0 Å². The van der Waals surface area contributed by atoms with Gasteiger partial charge >= 0.3 is 13.6 Å². The summed E-state index contributed by atoms with van der Waals surface area (Å²) in [5.41, 5.74) is 0.570. The van der Waals surface area contributed by atoms with E-state index in [4.69, 9.17) is 28.2 Å². The Kier molecular flexibility index (Phi) is 20.1. The quantitative estimate of drug-likeness (QED) is 0.0291. The van der Waals surface area contributed by atoms with Crippen molar-refractivity contribution >= 4 is 19.6 Å². The summed E-state index contributed by atoms with van der Waals surface area (Å²) < 4.78 is 43.8. The number of para-hydroxylation sites is 1. The smallest absolute Gasteiger partial charge is 0.351 e. The number of carbonyl (C=O) groups excluding carboxylic acids is 1. The van der Waals surface area contributed by atoms with Gasteiger partial charge in [0.15, 0.2) is 23.8 Å². The lowest BCUT2D eigenvalue weighted by molar-refractivity contribution is -0.0981. The molecule has 1 aliphatic rings. The number of unbranched alkanes of at least 4 members (excludes halogenated alkanes) is 6. The van der Waals surface area contributed by atoms with Crippen molar-refractivity contribution in [3.8, 4) is 17.6 Å². The van der Waals surface area contributed by atoms with E-state index in [9.17, 15) is 19.7 Å². The zero-order valence-corrected chi connectivity index (χ0v) is 42.6. The molecule has 15 heteroatoms. The maximum atomic E-state index is 14.3. The summed E-state index contributed by atoms with van der Waals surface area (Å²) in [6.07, 6.45) is 4.82. The Morgan fingerprint density at radius 3 is 2.03 bits per heavy atom. The highest BCUT2D eigenvalue weighted by Gasteiger charge is 2.58. The molecule has 14 nitrogen and oxygen atoms in total. The van der Waals surface area contributed by atoms with Crippen molar-refractivity contribution in [2.75, 3.05) is 38.9 Å². The van der Waals surface area contributed by atoms with Crippen molar-refractivity contribution < 1.29 is 37.9 Å². The van der Waals surface area contributed by atoms with Crippen LogP contribution in [0.5, 0.6) is 11.5 Å². The number of rotatable bonds is 27. The average molecular weight is 977 g/mol. The van der Waals surface area contributed by atoms with Crippen LogP contribution in [0.15, 0.2) is 126 Å². The Hall–Kier alpha value is -5.49. The third kappa shape index (κ3) is 12.9. The summed E-state index contributed by atoms with van der Waals surface area (Å²) in [7, 11) is -0.449. The van der Waals surface area contributed by atoms with Crippen molar-refractivity contribution in [3.05, 3.63) is 154 Å². The number of nitrogens with one attached hydrogen (secondary N) is 1. The number of ether oxygens (including phenoxy) is 5. The third-order valence-corrected chi connectivity index (χ3v) is 15.6. The molecule has 70 heavy (non-hydrogen) atoms. The van der Waals surface area contributed by atoms with E-state index in [-0.39, 0.29) is 37.1 Å². The second-order valence-corrected chi connectivity index (χ2v) is 20.5. The highest BCUT2D eigenvalue weighted by atomic mass is 31.2. The molecular formula is C55H71N5O9P+. The fourth-order valence-electron chi connectivity index (χ4n) is 9.47. The normalized spacial score (nSPS) is 17.9.